The molecule has 1 N–H and O–H groups in total. The number of nitro benzene ring substituents is 1. The van der Waals surface area contributed by atoms with Gasteiger partial charge in [0, 0.05) is 18.3 Å². The summed E-state index contributed by atoms with van der Waals surface area (Å²) in [6.07, 6.45) is 4.72. The highest BCUT2D eigenvalue weighted by Crippen LogP contribution is 2.34. The highest BCUT2D eigenvalue weighted by atomic mass is 16.6. The Hall–Kier alpha value is -4.26. The van der Waals surface area contributed by atoms with Gasteiger partial charge in [-0.3, -0.25) is 15.1 Å². The zero-order valence-electron chi connectivity index (χ0n) is 16.0. The number of allylic oxidation sites excluding steroid dienone is 1. The third kappa shape index (κ3) is 3.95. The molecular formula is C23H17N3O4. The second-order valence-electron chi connectivity index (χ2n) is 6.64. The van der Waals surface area contributed by atoms with E-state index in [1.807, 2.05) is 25.1 Å². The number of nitrogens with zero attached hydrogens (tertiary/aromatic N) is 3. The van der Waals surface area contributed by atoms with E-state index in [4.69, 9.17) is 4.42 Å². The van der Waals surface area contributed by atoms with Crippen molar-refractivity contribution in [3.8, 4) is 17.2 Å². The largest absolute Gasteiger partial charge is 0.507 e. The number of aromatic hydroxyl groups is 1. The quantitative estimate of drug-likeness (QED) is 0.258. The zero-order chi connectivity index (χ0) is 21.1. The van der Waals surface area contributed by atoms with E-state index in [1.54, 1.807) is 42.5 Å². The molecule has 0 saturated carbocycles. The van der Waals surface area contributed by atoms with E-state index < -0.39 is 4.92 Å². The maximum absolute atomic E-state index is 11.0. The number of aromatic nitrogens is 1. The predicted molar refractivity (Wildman–Crippen MR) is 116 cm³/mol. The minimum absolute atomic E-state index is 0.00407. The first-order valence-corrected chi connectivity index (χ1v) is 9.16. The SMILES string of the molecule is Cc1ccc2oc(-c3ccc(N=C/C=C/c4ccccc4[N+](=O)[O-])cc3O)nc2c1. The Balaban J connectivity index is 1.54. The van der Waals surface area contributed by atoms with Gasteiger partial charge in [0.25, 0.3) is 5.69 Å². The molecule has 0 amide bonds. The number of nitro groups is 1. The van der Waals surface area contributed by atoms with Crippen LogP contribution in [0.5, 0.6) is 5.75 Å². The first-order valence-electron chi connectivity index (χ1n) is 9.16. The van der Waals surface area contributed by atoms with E-state index in [0.29, 0.717) is 28.3 Å². The highest BCUT2D eigenvalue weighted by molar-refractivity contribution is 5.83. The molecular weight excluding hydrogens is 382 g/mol. The number of aryl methyl sites for hydroxylation is 1. The molecule has 3 aromatic carbocycles. The Morgan fingerprint density at radius 2 is 1.97 bits per heavy atom. The fraction of sp³-hybridized carbons (Fsp3) is 0.0435. The van der Waals surface area contributed by atoms with Crippen molar-refractivity contribution >= 4 is 34.8 Å². The summed E-state index contributed by atoms with van der Waals surface area (Å²) in [7, 11) is 0. The van der Waals surface area contributed by atoms with Gasteiger partial charge in [0.1, 0.15) is 11.3 Å². The van der Waals surface area contributed by atoms with Gasteiger partial charge in [-0.1, -0.05) is 18.2 Å². The lowest BCUT2D eigenvalue weighted by Gasteiger charge is -2.01. The summed E-state index contributed by atoms with van der Waals surface area (Å²) in [5.41, 5.74) is 3.96. The van der Waals surface area contributed by atoms with Gasteiger partial charge in [-0.25, -0.2) is 4.98 Å². The number of rotatable bonds is 5. The van der Waals surface area contributed by atoms with Crippen LogP contribution in [0.3, 0.4) is 0 Å². The molecule has 1 aromatic heterocycles. The fourth-order valence-corrected chi connectivity index (χ4v) is 3.00. The fourth-order valence-electron chi connectivity index (χ4n) is 3.00. The van der Waals surface area contributed by atoms with Gasteiger partial charge < -0.3 is 9.52 Å². The van der Waals surface area contributed by atoms with E-state index >= 15 is 0 Å². The summed E-state index contributed by atoms with van der Waals surface area (Å²) in [6.45, 7) is 1.97. The average Bonchev–Trinajstić information content (AvgIpc) is 3.14. The minimum Gasteiger partial charge on any atom is -0.507 e. The molecule has 0 radical (unpaired) electrons. The lowest BCUT2D eigenvalue weighted by atomic mass is 10.1. The molecule has 30 heavy (non-hydrogen) atoms. The third-order valence-electron chi connectivity index (χ3n) is 4.47. The standard InChI is InChI=1S/C23H17N3O4/c1-15-8-11-22-19(13-15)25-23(30-22)18-10-9-17(14-21(18)27)24-12-4-6-16-5-2-3-7-20(16)26(28)29/h2-14,27H,1H3/b6-4+,24-12?. The van der Waals surface area contributed by atoms with Crippen molar-refractivity contribution in [2.24, 2.45) is 4.99 Å². The van der Waals surface area contributed by atoms with Crippen molar-refractivity contribution in [1.82, 2.24) is 4.98 Å². The number of benzene rings is 3. The summed E-state index contributed by atoms with van der Waals surface area (Å²) in [4.78, 5) is 19.3. The summed E-state index contributed by atoms with van der Waals surface area (Å²) < 4.78 is 5.73. The number of phenolic OH excluding ortho intramolecular Hbond substituents is 1. The third-order valence-corrected chi connectivity index (χ3v) is 4.47. The number of hydrogen-bond acceptors (Lipinski definition) is 6. The molecule has 7 nitrogen and oxygen atoms in total. The van der Waals surface area contributed by atoms with Crippen LogP contribution in [-0.2, 0) is 0 Å². The zero-order valence-corrected chi connectivity index (χ0v) is 16.0. The molecule has 0 aliphatic rings. The number of para-hydroxylation sites is 1. The van der Waals surface area contributed by atoms with Crippen molar-refractivity contribution in [2.45, 2.75) is 6.92 Å². The maximum Gasteiger partial charge on any atom is 0.276 e. The van der Waals surface area contributed by atoms with E-state index in [2.05, 4.69) is 9.98 Å². The molecule has 0 aliphatic heterocycles. The second kappa shape index (κ2) is 8.00. The van der Waals surface area contributed by atoms with Crippen molar-refractivity contribution in [3.05, 3.63) is 88.0 Å². The molecule has 0 spiro atoms. The first kappa shape index (κ1) is 19.1. The van der Waals surface area contributed by atoms with Crippen molar-refractivity contribution in [1.29, 1.82) is 0 Å². The van der Waals surface area contributed by atoms with Crippen molar-refractivity contribution in [3.63, 3.8) is 0 Å². The Morgan fingerprint density at radius 3 is 2.77 bits per heavy atom. The lowest BCUT2D eigenvalue weighted by molar-refractivity contribution is -0.385. The van der Waals surface area contributed by atoms with Crippen LogP contribution in [0.4, 0.5) is 11.4 Å². The van der Waals surface area contributed by atoms with E-state index in [1.165, 1.54) is 18.3 Å². The smallest absolute Gasteiger partial charge is 0.276 e. The van der Waals surface area contributed by atoms with Crippen molar-refractivity contribution < 1.29 is 14.4 Å². The molecule has 0 bridgehead atoms. The number of phenols is 1. The Bertz CT molecular complexity index is 1310. The molecule has 0 fully saturated rings. The molecule has 4 rings (SSSR count). The Morgan fingerprint density at radius 1 is 1.13 bits per heavy atom. The van der Waals surface area contributed by atoms with E-state index in [0.717, 1.165) is 11.1 Å². The van der Waals surface area contributed by atoms with Crippen LogP contribution in [0.1, 0.15) is 11.1 Å². The monoisotopic (exact) mass is 399 g/mol. The van der Waals surface area contributed by atoms with Gasteiger partial charge in [-0.2, -0.15) is 0 Å². The minimum atomic E-state index is -0.430. The Kier molecular flexibility index (Phi) is 5.09. The molecule has 7 heteroatoms. The van der Waals surface area contributed by atoms with Gasteiger partial charge in [-0.15, -0.1) is 0 Å². The number of fused-ring (bicyclic) bond motifs is 1. The Labute approximate surface area is 171 Å². The maximum atomic E-state index is 11.0. The molecule has 148 valence electrons. The van der Waals surface area contributed by atoms with Gasteiger partial charge in [0.2, 0.25) is 5.89 Å². The van der Waals surface area contributed by atoms with Crippen LogP contribution < -0.4 is 0 Å². The summed E-state index contributed by atoms with van der Waals surface area (Å²) >= 11 is 0. The molecule has 0 unspecified atom stereocenters. The normalized spacial score (nSPS) is 11.6. The van der Waals surface area contributed by atoms with Gasteiger partial charge >= 0.3 is 0 Å². The predicted octanol–water partition coefficient (Wildman–Crippen LogP) is 5.83. The number of oxazole rings is 1. The molecule has 1 heterocycles. The van der Waals surface area contributed by atoms with Crippen molar-refractivity contribution in [2.75, 3.05) is 0 Å². The van der Waals surface area contributed by atoms with Gasteiger partial charge in [0.05, 0.1) is 21.7 Å². The van der Waals surface area contributed by atoms with Gasteiger partial charge in [-0.05, 0) is 55.0 Å². The summed E-state index contributed by atoms with van der Waals surface area (Å²) in [5.74, 6) is 0.329. The average molecular weight is 399 g/mol. The van der Waals surface area contributed by atoms with Crippen LogP contribution >= 0.6 is 0 Å². The second-order valence-corrected chi connectivity index (χ2v) is 6.64. The lowest BCUT2D eigenvalue weighted by Crippen LogP contribution is -1.90. The number of aliphatic imine (C=N–C) groups is 1. The highest BCUT2D eigenvalue weighted by Gasteiger charge is 2.13. The molecule has 0 saturated heterocycles. The van der Waals surface area contributed by atoms with E-state index in [9.17, 15) is 15.2 Å². The van der Waals surface area contributed by atoms with E-state index in [-0.39, 0.29) is 11.4 Å². The summed E-state index contributed by atoms with van der Waals surface area (Å²) in [6, 6.07) is 17.1. The summed E-state index contributed by atoms with van der Waals surface area (Å²) in [5, 5.41) is 21.4. The van der Waals surface area contributed by atoms with Crippen LogP contribution in [-0.4, -0.2) is 21.2 Å². The molecule has 4 aromatic rings. The first-order chi connectivity index (χ1) is 14.5. The van der Waals surface area contributed by atoms with Crippen LogP contribution in [0.15, 0.2) is 76.1 Å². The van der Waals surface area contributed by atoms with Crippen LogP contribution in [0, 0.1) is 17.0 Å². The molecule has 0 atom stereocenters. The number of hydrogen-bond donors (Lipinski definition) is 1. The molecule has 0 aliphatic carbocycles. The topological polar surface area (TPSA) is 102 Å². The van der Waals surface area contributed by atoms with Gasteiger partial charge in [0.15, 0.2) is 5.58 Å². The van der Waals surface area contributed by atoms with Crippen LogP contribution in [0.25, 0.3) is 28.6 Å². The van der Waals surface area contributed by atoms with Crippen LogP contribution in [0.2, 0.25) is 0 Å².